The number of hydrogen-bond acceptors (Lipinski definition) is 5. The highest BCUT2D eigenvalue weighted by atomic mass is 19.4. The molecule has 3 aromatic rings. The number of hydroxylamine groups is 2. The zero-order chi connectivity index (χ0) is 24.7. The van der Waals surface area contributed by atoms with E-state index in [-0.39, 0.29) is 26.4 Å². The van der Waals surface area contributed by atoms with Crippen molar-refractivity contribution >= 4 is 0 Å². The Labute approximate surface area is 202 Å². The van der Waals surface area contributed by atoms with E-state index in [0.29, 0.717) is 5.06 Å². The lowest BCUT2D eigenvalue weighted by molar-refractivity contribution is -0.267. The van der Waals surface area contributed by atoms with Gasteiger partial charge in [-0.3, -0.25) is 0 Å². The summed E-state index contributed by atoms with van der Waals surface area (Å²) in [5.41, 5.74) is 2.41. The van der Waals surface area contributed by atoms with Crippen LogP contribution < -0.4 is 0 Å². The summed E-state index contributed by atoms with van der Waals surface area (Å²) in [5.74, 6) is 0. The number of hydrogen-bond donors (Lipinski definition) is 1. The maximum atomic E-state index is 14.1. The van der Waals surface area contributed by atoms with Crippen LogP contribution in [-0.4, -0.2) is 47.3 Å². The van der Waals surface area contributed by atoms with Crippen LogP contribution in [0.1, 0.15) is 16.7 Å². The van der Waals surface area contributed by atoms with E-state index in [1.807, 2.05) is 66.7 Å². The zero-order valence-electron chi connectivity index (χ0n) is 19.1. The predicted molar refractivity (Wildman–Crippen MR) is 123 cm³/mol. The van der Waals surface area contributed by atoms with Crippen LogP contribution in [-0.2, 0) is 34.0 Å². The summed E-state index contributed by atoms with van der Waals surface area (Å²) in [4.78, 5) is 0. The molecule has 0 bridgehead atoms. The van der Waals surface area contributed by atoms with Crippen molar-refractivity contribution in [2.75, 3.05) is 6.61 Å². The van der Waals surface area contributed by atoms with Gasteiger partial charge in [-0.05, 0) is 16.7 Å². The zero-order valence-corrected chi connectivity index (χ0v) is 19.1. The molecule has 0 aliphatic carbocycles. The quantitative estimate of drug-likeness (QED) is 0.416. The van der Waals surface area contributed by atoms with Crippen LogP contribution in [0, 0.1) is 0 Å². The lowest BCUT2D eigenvalue weighted by Crippen LogP contribution is -2.48. The molecule has 1 fully saturated rings. The topological polar surface area (TPSA) is 51.2 Å². The van der Waals surface area contributed by atoms with E-state index in [0.717, 1.165) is 16.7 Å². The van der Waals surface area contributed by atoms with E-state index in [2.05, 4.69) is 0 Å². The van der Waals surface area contributed by atoms with Crippen LogP contribution in [0.25, 0.3) is 0 Å². The summed E-state index contributed by atoms with van der Waals surface area (Å²) in [6, 6.07) is 24.1. The fraction of sp³-hybridized carbons (Fsp3) is 0.333. The van der Waals surface area contributed by atoms with Crippen molar-refractivity contribution in [3.8, 4) is 0 Å². The van der Waals surface area contributed by atoms with Crippen molar-refractivity contribution in [3.63, 3.8) is 0 Å². The first-order valence-corrected chi connectivity index (χ1v) is 11.4. The molecule has 0 saturated carbocycles. The highest BCUT2D eigenvalue weighted by molar-refractivity contribution is 5.16. The minimum absolute atomic E-state index is 0.0469. The Kier molecular flexibility index (Phi) is 8.54. The first kappa shape index (κ1) is 25.3. The third kappa shape index (κ3) is 6.68. The van der Waals surface area contributed by atoms with Gasteiger partial charge >= 0.3 is 6.18 Å². The number of ether oxygens (including phenoxy) is 3. The number of nitrogens with zero attached hydrogens (tertiary/aromatic N) is 1. The maximum Gasteiger partial charge on any atom is 0.408 e. The van der Waals surface area contributed by atoms with Crippen molar-refractivity contribution in [1.29, 1.82) is 0 Å². The van der Waals surface area contributed by atoms with Gasteiger partial charge in [0.05, 0.1) is 32.5 Å². The molecule has 0 spiro atoms. The fourth-order valence-corrected chi connectivity index (χ4v) is 4.21. The normalized spacial score (nSPS) is 23.0. The molecule has 35 heavy (non-hydrogen) atoms. The fourth-order valence-electron chi connectivity index (χ4n) is 4.21. The molecule has 0 radical (unpaired) electrons. The molecular formula is C27H28F3NO4. The average Bonchev–Trinajstić information content (AvgIpc) is 3.14. The lowest BCUT2D eigenvalue weighted by atomic mass is 10.1. The SMILES string of the molecule is ON1[C@H](C(F)(F)F)[C@@H](OCc2ccccc2)[C@H](OCc2ccccc2)[C@@H]1COCc1ccccc1. The number of benzene rings is 3. The van der Waals surface area contributed by atoms with Gasteiger partial charge in [0.1, 0.15) is 12.2 Å². The highest BCUT2D eigenvalue weighted by Crippen LogP contribution is 2.39. The molecular weight excluding hydrogens is 459 g/mol. The minimum atomic E-state index is -4.74. The standard InChI is InChI=1S/C27H28F3NO4/c28-27(29,30)26-25(35-18-22-14-8-3-9-15-22)24(34-17-21-12-6-2-7-13-21)23(31(26)32)19-33-16-20-10-4-1-5-11-20/h1-15,23-26,32H,16-19H2/t23-,24+,25-,26-/m0/s1. The molecule has 1 heterocycles. The maximum absolute atomic E-state index is 14.1. The van der Waals surface area contributed by atoms with Gasteiger partial charge in [0.25, 0.3) is 0 Å². The first-order valence-electron chi connectivity index (χ1n) is 11.4. The van der Waals surface area contributed by atoms with Gasteiger partial charge in [-0.25, -0.2) is 0 Å². The summed E-state index contributed by atoms with van der Waals surface area (Å²) >= 11 is 0. The van der Waals surface area contributed by atoms with E-state index < -0.39 is 30.5 Å². The van der Waals surface area contributed by atoms with Crippen LogP contribution in [0.2, 0.25) is 0 Å². The Morgan fingerprint density at radius 1 is 0.657 bits per heavy atom. The van der Waals surface area contributed by atoms with Gasteiger partial charge in [-0.15, -0.1) is 0 Å². The summed E-state index contributed by atoms with van der Waals surface area (Å²) in [6.07, 6.45) is -7.26. The van der Waals surface area contributed by atoms with Crippen LogP contribution in [0.4, 0.5) is 13.2 Å². The monoisotopic (exact) mass is 487 g/mol. The molecule has 186 valence electrons. The van der Waals surface area contributed by atoms with Crippen LogP contribution in [0.15, 0.2) is 91.0 Å². The van der Waals surface area contributed by atoms with Crippen molar-refractivity contribution in [2.45, 2.75) is 50.3 Å². The van der Waals surface area contributed by atoms with Crippen LogP contribution in [0.3, 0.4) is 0 Å². The third-order valence-corrected chi connectivity index (χ3v) is 5.95. The predicted octanol–water partition coefficient (Wildman–Crippen LogP) is 5.38. The minimum Gasteiger partial charge on any atom is -0.375 e. The highest BCUT2D eigenvalue weighted by Gasteiger charge is 2.61. The molecule has 4 atom stereocenters. The summed E-state index contributed by atoms with van der Waals surface area (Å²) < 4.78 is 59.8. The first-order chi connectivity index (χ1) is 16.9. The molecule has 8 heteroatoms. The van der Waals surface area contributed by atoms with Crippen LogP contribution >= 0.6 is 0 Å². The summed E-state index contributed by atoms with van der Waals surface area (Å²) in [5, 5.41) is 11.0. The van der Waals surface area contributed by atoms with Crippen molar-refractivity contribution in [1.82, 2.24) is 5.06 Å². The third-order valence-electron chi connectivity index (χ3n) is 5.95. The summed E-state index contributed by atoms with van der Waals surface area (Å²) in [7, 11) is 0. The molecule has 0 amide bonds. The molecule has 1 aliphatic heterocycles. The molecule has 0 aromatic heterocycles. The second-order valence-corrected chi connectivity index (χ2v) is 8.46. The number of alkyl halides is 3. The Bertz CT molecular complexity index is 1020. The second-order valence-electron chi connectivity index (χ2n) is 8.46. The van der Waals surface area contributed by atoms with Gasteiger partial charge < -0.3 is 19.4 Å². The van der Waals surface area contributed by atoms with Crippen molar-refractivity contribution < 1.29 is 32.6 Å². The Hall–Kier alpha value is -2.75. The number of rotatable bonds is 10. The van der Waals surface area contributed by atoms with Gasteiger partial charge in [0.15, 0.2) is 6.04 Å². The van der Waals surface area contributed by atoms with E-state index in [1.165, 1.54) is 0 Å². The second kappa shape index (κ2) is 11.8. The molecule has 1 saturated heterocycles. The largest absolute Gasteiger partial charge is 0.408 e. The molecule has 3 aromatic carbocycles. The van der Waals surface area contributed by atoms with E-state index in [1.54, 1.807) is 24.3 Å². The van der Waals surface area contributed by atoms with E-state index in [4.69, 9.17) is 14.2 Å². The molecule has 4 rings (SSSR count). The Morgan fingerprint density at radius 3 is 1.54 bits per heavy atom. The molecule has 1 N–H and O–H groups in total. The van der Waals surface area contributed by atoms with Gasteiger partial charge in [0, 0.05) is 0 Å². The Morgan fingerprint density at radius 2 is 1.09 bits per heavy atom. The number of halogens is 3. The van der Waals surface area contributed by atoms with Crippen LogP contribution in [0.5, 0.6) is 0 Å². The van der Waals surface area contributed by atoms with Gasteiger partial charge in [-0.1, -0.05) is 91.0 Å². The average molecular weight is 488 g/mol. The summed E-state index contributed by atoms with van der Waals surface area (Å²) in [6.45, 7) is 0.0600. The molecule has 0 unspecified atom stereocenters. The lowest BCUT2D eigenvalue weighted by Gasteiger charge is -2.27. The van der Waals surface area contributed by atoms with E-state index in [9.17, 15) is 18.4 Å². The Balaban J connectivity index is 1.54. The molecule has 1 aliphatic rings. The van der Waals surface area contributed by atoms with E-state index >= 15 is 0 Å². The smallest absolute Gasteiger partial charge is 0.375 e. The van der Waals surface area contributed by atoms with Gasteiger partial charge in [-0.2, -0.15) is 18.2 Å². The molecule has 5 nitrogen and oxygen atoms in total. The van der Waals surface area contributed by atoms with Gasteiger partial charge in [0.2, 0.25) is 0 Å². The van der Waals surface area contributed by atoms with Crippen molar-refractivity contribution in [2.24, 2.45) is 0 Å². The van der Waals surface area contributed by atoms with Crippen molar-refractivity contribution in [3.05, 3.63) is 108 Å².